The summed E-state index contributed by atoms with van der Waals surface area (Å²) < 4.78 is 39.9. The van der Waals surface area contributed by atoms with E-state index in [0.29, 0.717) is 6.42 Å². The molecule has 1 aromatic heterocycles. The van der Waals surface area contributed by atoms with Gasteiger partial charge in [0, 0.05) is 31.0 Å². The van der Waals surface area contributed by atoms with Crippen LogP contribution < -0.4 is 0 Å². The number of thiazole rings is 1. The summed E-state index contributed by atoms with van der Waals surface area (Å²) in [4.78, 5) is 11.4. The van der Waals surface area contributed by atoms with Crippen LogP contribution in [0, 0.1) is 13.8 Å². The number of benzene rings is 2. The summed E-state index contributed by atoms with van der Waals surface area (Å²) in [5, 5.41) is 2.93. The first-order valence-electron chi connectivity index (χ1n) is 10.9. The van der Waals surface area contributed by atoms with Crippen molar-refractivity contribution < 1.29 is 13.2 Å². The summed E-state index contributed by atoms with van der Waals surface area (Å²) in [6, 6.07) is 10.8. The van der Waals surface area contributed by atoms with Crippen molar-refractivity contribution in [1.29, 1.82) is 0 Å². The van der Waals surface area contributed by atoms with Crippen molar-refractivity contribution in [3.8, 4) is 11.3 Å². The molecule has 3 rings (SSSR count). The number of hydrogen-bond acceptors (Lipinski definition) is 3. The number of aliphatic imine (C=N–C) groups is 1. The highest BCUT2D eigenvalue weighted by Gasteiger charge is 2.48. The normalized spacial score (nSPS) is 12.1. The van der Waals surface area contributed by atoms with Gasteiger partial charge in [-0.2, -0.15) is 13.2 Å². The average Bonchev–Trinajstić information content (AvgIpc) is 3.22. The van der Waals surface area contributed by atoms with Gasteiger partial charge in [-0.15, -0.1) is 23.7 Å². The van der Waals surface area contributed by atoms with Crippen LogP contribution in [0.4, 0.5) is 18.9 Å². The van der Waals surface area contributed by atoms with Gasteiger partial charge in [-0.3, -0.25) is 0 Å². The molecule has 1 heterocycles. The fraction of sp³-hybridized carbons (Fsp3) is 0.385. The highest BCUT2D eigenvalue weighted by Crippen LogP contribution is 2.40. The first-order valence-corrected chi connectivity index (χ1v) is 11.8. The van der Waals surface area contributed by atoms with Gasteiger partial charge in [-0.1, -0.05) is 30.3 Å². The predicted octanol–water partition coefficient (Wildman–Crippen LogP) is 7.89. The van der Waals surface area contributed by atoms with E-state index in [4.69, 9.17) is 4.98 Å². The van der Waals surface area contributed by atoms with Crippen LogP contribution in [-0.2, 0) is 11.8 Å². The molecule has 3 aromatic rings. The zero-order chi connectivity index (χ0) is 24.4. The van der Waals surface area contributed by atoms with E-state index in [1.54, 1.807) is 35.6 Å². The maximum Gasteiger partial charge on any atom is 0.397 e. The summed E-state index contributed by atoms with van der Waals surface area (Å²) in [6.07, 6.45) is -1.75. The predicted molar refractivity (Wildman–Crippen MR) is 139 cm³/mol. The second-order valence-electron chi connectivity index (χ2n) is 8.89. The lowest BCUT2D eigenvalue weighted by Crippen LogP contribution is -2.36. The van der Waals surface area contributed by atoms with Crippen molar-refractivity contribution in [2.75, 3.05) is 13.6 Å². The molecule has 0 fully saturated rings. The molecule has 0 spiro atoms. The van der Waals surface area contributed by atoms with Gasteiger partial charge >= 0.3 is 6.18 Å². The summed E-state index contributed by atoms with van der Waals surface area (Å²) in [5.74, 6) is 0. The number of hydrogen-bond donors (Lipinski definition) is 0. The molecule has 0 saturated carbocycles. The van der Waals surface area contributed by atoms with Crippen molar-refractivity contribution in [1.82, 2.24) is 9.88 Å². The Hall–Kier alpha value is -2.38. The Morgan fingerprint density at radius 3 is 2.29 bits per heavy atom. The fourth-order valence-corrected chi connectivity index (χ4v) is 4.17. The average molecular weight is 510 g/mol. The third-order valence-electron chi connectivity index (χ3n) is 6.05. The summed E-state index contributed by atoms with van der Waals surface area (Å²) >= 11 is 1.56. The Bertz CT molecular complexity index is 1140. The third-order valence-corrected chi connectivity index (χ3v) is 6.90. The molecule has 0 aliphatic heterocycles. The molecule has 0 saturated heterocycles. The van der Waals surface area contributed by atoms with Crippen molar-refractivity contribution in [3.63, 3.8) is 0 Å². The summed E-state index contributed by atoms with van der Waals surface area (Å²) in [6.45, 7) is 9.51. The van der Waals surface area contributed by atoms with Gasteiger partial charge in [-0.25, -0.2) is 9.98 Å². The minimum atomic E-state index is -4.30. The van der Waals surface area contributed by atoms with Crippen LogP contribution in [0.15, 0.2) is 46.8 Å². The lowest BCUT2D eigenvalue weighted by Gasteiger charge is -2.28. The van der Waals surface area contributed by atoms with Crippen molar-refractivity contribution in [2.45, 2.75) is 52.6 Å². The van der Waals surface area contributed by atoms with Gasteiger partial charge in [0.05, 0.1) is 28.1 Å². The van der Waals surface area contributed by atoms with E-state index in [2.05, 4.69) is 37.9 Å². The Kier molecular flexibility index (Phi) is 8.94. The molecular formula is C26H31ClF3N3S. The van der Waals surface area contributed by atoms with Crippen LogP contribution in [0.3, 0.4) is 0 Å². The molecule has 0 amide bonds. The second-order valence-corrected chi connectivity index (χ2v) is 9.83. The van der Waals surface area contributed by atoms with E-state index in [-0.39, 0.29) is 18.0 Å². The van der Waals surface area contributed by atoms with Crippen molar-refractivity contribution >= 4 is 35.8 Å². The van der Waals surface area contributed by atoms with Crippen LogP contribution >= 0.6 is 23.7 Å². The first kappa shape index (κ1) is 27.9. The maximum absolute atomic E-state index is 13.3. The van der Waals surface area contributed by atoms with E-state index in [1.807, 2.05) is 23.7 Å². The van der Waals surface area contributed by atoms with Gasteiger partial charge in [0.1, 0.15) is 0 Å². The number of alkyl halides is 3. The van der Waals surface area contributed by atoms with Gasteiger partial charge in [0.2, 0.25) is 0 Å². The Morgan fingerprint density at radius 2 is 1.71 bits per heavy atom. The fourth-order valence-electron chi connectivity index (χ4n) is 3.34. The topological polar surface area (TPSA) is 28.5 Å². The zero-order valence-corrected chi connectivity index (χ0v) is 22.0. The number of aryl methyl sites for hydroxylation is 2. The van der Waals surface area contributed by atoms with Crippen LogP contribution in [0.1, 0.15) is 48.0 Å². The minimum Gasteiger partial charge on any atom is -0.366 e. The summed E-state index contributed by atoms with van der Waals surface area (Å²) in [5.41, 5.74) is 4.36. The molecule has 8 heteroatoms. The van der Waals surface area contributed by atoms with E-state index < -0.39 is 11.6 Å². The molecule has 0 aliphatic carbocycles. The van der Waals surface area contributed by atoms with E-state index in [9.17, 15) is 13.2 Å². The molecule has 2 aromatic carbocycles. The van der Waals surface area contributed by atoms with Gasteiger partial charge in [-0.05, 0) is 62.9 Å². The van der Waals surface area contributed by atoms with Crippen molar-refractivity contribution in [3.05, 3.63) is 69.0 Å². The van der Waals surface area contributed by atoms with E-state index >= 15 is 0 Å². The molecule has 0 aliphatic rings. The zero-order valence-electron chi connectivity index (χ0n) is 20.3. The molecule has 0 N–H and O–H groups in total. The highest BCUT2D eigenvalue weighted by atomic mass is 35.5. The van der Waals surface area contributed by atoms with Crippen LogP contribution in [-0.4, -0.2) is 36.0 Å². The standard InChI is InChI=1S/C26H30F3N3S.ClH/c1-7-32(6)16-30-22-13-17(2)20(12-18(22)3)14-24-31-23(15-33-24)19-8-10-21(11-9-19)25(4,5)26(27,28)29;/h8-13,15-16H,7,14H2,1-6H3;1H. The van der Waals surface area contributed by atoms with Gasteiger partial charge in [0.25, 0.3) is 0 Å². The Labute approximate surface area is 210 Å². The molecule has 0 unspecified atom stereocenters. The van der Waals surface area contributed by atoms with Gasteiger partial charge < -0.3 is 4.90 Å². The second kappa shape index (κ2) is 10.9. The molecule has 0 radical (unpaired) electrons. The molecule has 0 atom stereocenters. The number of aromatic nitrogens is 1. The molecule has 0 bridgehead atoms. The molecule has 184 valence electrons. The first-order chi connectivity index (χ1) is 15.4. The van der Waals surface area contributed by atoms with Crippen LogP contribution in [0.2, 0.25) is 0 Å². The number of nitrogens with zero attached hydrogens (tertiary/aromatic N) is 3. The lowest BCUT2D eigenvalue weighted by atomic mass is 9.83. The van der Waals surface area contributed by atoms with Crippen molar-refractivity contribution in [2.24, 2.45) is 4.99 Å². The molecule has 34 heavy (non-hydrogen) atoms. The summed E-state index contributed by atoms with van der Waals surface area (Å²) in [7, 11) is 1.99. The van der Waals surface area contributed by atoms with Crippen LogP contribution in [0.5, 0.6) is 0 Å². The molecule has 3 nitrogen and oxygen atoms in total. The van der Waals surface area contributed by atoms with Crippen LogP contribution in [0.25, 0.3) is 11.3 Å². The Morgan fingerprint density at radius 1 is 1.06 bits per heavy atom. The number of rotatable bonds is 7. The molecular weight excluding hydrogens is 479 g/mol. The lowest BCUT2D eigenvalue weighted by molar-refractivity contribution is -0.180. The highest BCUT2D eigenvalue weighted by molar-refractivity contribution is 7.10. The minimum absolute atomic E-state index is 0. The SMILES string of the molecule is CCN(C)C=Nc1cc(C)c(Cc2nc(-c3ccc(C(C)(C)C(F)(F)F)cc3)cs2)cc1C.Cl. The third kappa shape index (κ3) is 6.19. The Balaban J connectivity index is 0.00000408. The number of halogens is 4. The van der Waals surface area contributed by atoms with E-state index in [1.165, 1.54) is 19.4 Å². The van der Waals surface area contributed by atoms with E-state index in [0.717, 1.165) is 39.6 Å². The largest absolute Gasteiger partial charge is 0.397 e. The van der Waals surface area contributed by atoms with Gasteiger partial charge in [0.15, 0.2) is 0 Å². The smallest absolute Gasteiger partial charge is 0.366 e. The monoisotopic (exact) mass is 509 g/mol. The quantitative estimate of drug-likeness (QED) is 0.239. The maximum atomic E-state index is 13.3.